The number of hydrogen-bond donors (Lipinski definition) is 1. The van der Waals surface area contributed by atoms with Crippen LogP contribution in [0.25, 0.3) is 0 Å². The predicted molar refractivity (Wildman–Crippen MR) is 93.6 cm³/mol. The number of halogens is 2. The fourth-order valence-corrected chi connectivity index (χ4v) is 2.13. The Morgan fingerprint density at radius 1 is 0.920 bits per heavy atom. The van der Waals surface area contributed by atoms with Crippen LogP contribution in [0.2, 0.25) is 0 Å². The van der Waals surface area contributed by atoms with Crippen LogP contribution in [0.4, 0.5) is 14.5 Å². The molecule has 2 aromatic rings. The minimum atomic E-state index is -1.11. The van der Waals surface area contributed by atoms with Crippen LogP contribution in [0.5, 0.6) is 0 Å². The first-order valence-electron chi connectivity index (χ1n) is 7.76. The van der Waals surface area contributed by atoms with Gasteiger partial charge in [-0.15, -0.1) is 0 Å². The van der Waals surface area contributed by atoms with Gasteiger partial charge in [-0.1, -0.05) is 32.9 Å². The van der Waals surface area contributed by atoms with E-state index >= 15 is 0 Å². The molecular formula is C20H19F2NO2. The Kier molecular flexibility index (Phi) is 5.47. The molecule has 1 amide bonds. The lowest BCUT2D eigenvalue weighted by Crippen LogP contribution is -2.12. The molecule has 130 valence electrons. The molecule has 2 rings (SSSR count). The van der Waals surface area contributed by atoms with E-state index in [0.717, 1.165) is 35.9 Å². The molecule has 0 spiro atoms. The monoisotopic (exact) mass is 343 g/mol. The molecule has 2 aromatic carbocycles. The summed E-state index contributed by atoms with van der Waals surface area (Å²) in [6.07, 6.45) is 2.08. The van der Waals surface area contributed by atoms with Crippen LogP contribution in [0.1, 0.15) is 36.7 Å². The molecule has 0 unspecified atom stereocenters. The minimum Gasteiger partial charge on any atom is -0.323 e. The molecule has 0 atom stereocenters. The summed E-state index contributed by atoms with van der Waals surface area (Å²) in [5, 5.41) is 2.64. The number of hydrogen-bond acceptors (Lipinski definition) is 2. The molecule has 0 fully saturated rings. The lowest BCUT2D eigenvalue weighted by atomic mass is 9.87. The number of amides is 1. The average Bonchev–Trinajstić information content (AvgIpc) is 2.55. The van der Waals surface area contributed by atoms with Gasteiger partial charge in [0.25, 0.3) is 0 Å². The van der Waals surface area contributed by atoms with E-state index in [0.29, 0.717) is 5.69 Å². The molecule has 0 aliphatic rings. The summed E-state index contributed by atoms with van der Waals surface area (Å²) in [6, 6.07) is 10.2. The first-order valence-corrected chi connectivity index (χ1v) is 7.76. The largest absolute Gasteiger partial charge is 0.323 e. The molecule has 0 radical (unpaired) electrons. The fraction of sp³-hybridized carbons (Fsp3) is 0.200. The number of carbonyl (C=O) groups is 2. The summed E-state index contributed by atoms with van der Waals surface area (Å²) in [6.45, 7) is 6.27. The topological polar surface area (TPSA) is 46.2 Å². The SMILES string of the molecule is CC(C)(C)c1ccc(NC(=O)/C=C/C(=O)c2ccc(F)c(F)c2)cc1. The Morgan fingerprint density at radius 3 is 2.12 bits per heavy atom. The van der Waals surface area contributed by atoms with Gasteiger partial charge in [0.05, 0.1) is 0 Å². The second kappa shape index (κ2) is 7.38. The average molecular weight is 343 g/mol. The van der Waals surface area contributed by atoms with Crippen molar-refractivity contribution in [2.45, 2.75) is 26.2 Å². The zero-order valence-electron chi connectivity index (χ0n) is 14.3. The summed E-state index contributed by atoms with van der Waals surface area (Å²) in [5.41, 5.74) is 1.72. The number of benzene rings is 2. The van der Waals surface area contributed by atoms with Crippen molar-refractivity contribution in [1.29, 1.82) is 0 Å². The van der Waals surface area contributed by atoms with Crippen LogP contribution < -0.4 is 5.32 Å². The highest BCUT2D eigenvalue weighted by Crippen LogP contribution is 2.23. The molecule has 0 bridgehead atoms. The van der Waals surface area contributed by atoms with E-state index in [2.05, 4.69) is 26.1 Å². The molecule has 5 heteroatoms. The number of rotatable bonds is 4. The van der Waals surface area contributed by atoms with E-state index in [-0.39, 0.29) is 11.0 Å². The first-order chi connectivity index (χ1) is 11.7. The van der Waals surface area contributed by atoms with Crippen LogP contribution in [-0.2, 0) is 10.2 Å². The third-order valence-electron chi connectivity index (χ3n) is 3.61. The van der Waals surface area contributed by atoms with Crippen molar-refractivity contribution >= 4 is 17.4 Å². The van der Waals surface area contributed by atoms with Gasteiger partial charge in [-0.2, -0.15) is 0 Å². The molecule has 0 heterocycles. The maximum atomic E-state index is 13.1. The quantitative estimate of drug-likeness (QED) is 0.649. The van der Waals surface area contributed by atoms with E-state index in [1.807, 2.05) is 12.1 Å². The summed E-state index contributed by atoms with van der Waals surface area (Å²) >= 11 is 0. The van der Waals surface area contributed by atoms with Gasteiger partial charge in [-0.25, -0.2) is 8.78 Å². The molecule has 0 saturated heterocycles. The normalized spacial score (nSPS) is 11.6. The number of carbonyl (C=O) groups excluding carboxylic acids is 2. The Labute approximate surface area is 145 Å². The number of allylic oxidation sites excluding steroid dienone is 1. The van der Waals surface area contributed by atoms with Crippen LogP contribution in [-0.4, -0.2) is 11.7 Å². The van der Waals surface area contributed by atoms with E-state index in [1.54, 1.807) is 12.1 Å². The molecular weight excluding hydrogens is 324 g/mol. The number of anilines is 1. The molecule has 0 aliphatic carbocycles. The first kappa shape index (κ1) is 18.5. The summed E-state index contributed by atoms with van der Waals surface area (Å²) in [5.74, 6) is -3.21. The fourth-order valence-electron chi connectivity index (χ4n) is 2.13. The van der Waals surface area contributed by atoms with Crippen molar-refractivity contribution in [1.82, 2.24) is 0 Å². The van der Waals surface area contributed by atoms with Crippen molar-refractivity contribution in [3.05, 3.63) is 77.4 Å². The molecule has 0 aliphatic heterocycles. The summed E-state index contributed by atoms with van der Waals surface area (Å²) in [7, 11) is 0. The Morgan fingerprint density at radius 2 is 1.56 bits per heavy atom. The zero-order chi connectivity index (χ0) is 18.6. The zero-order valence-corrected chi connectivity index (χ0v) is 14.3. The van der Waals surface area contributed by atoms with Gasteiger partial charge in [-0.3, -0.25) is 9.59 Å². The van der Waals surface area contributed by atoms with Gasteiger partial charge in [-0.05, 0) is 47.4 Å². The molecule has 3 nitrogen and oxygen atoms in total. The number of nitrogens with one attached hydrogen (secondary N) is 1. The second-order valence-corrected chi connectivity index (χ2v) is 6.64. The van der Waals surface area contributed by atoms with Crippen LogP contribution in [0.15, 0.2) is 54.6 Å². The van der Waals surface area contributed by atoms with Gasteiger partial charge in [0, 0.05) is 17.3 Å². The Bertz CT molecular complexity index is 819. The minimum absolute atomic E-state index is 0.0132. The lowest BCUT2D eigenvalue weighted by molar-refractivity contribution is -0.111. The highest BCUT2D eigenvalue weighted by Gasteiger charge is 2.13. The predicted octanol–water partition coefficient (Wildman–Crippen LogP) is 4.64. The van der Waals surface area contributed by atoms with Crippen molar-refractivity contribution in [2.75, 3.05) is 5.32 Å². The van der Waals surface area contributed by atoms with Crippen LogP contribution in [0.3, 0.4) is 0 Å². The van der Waals surface area contributed by atoms with Gasteiger partial charge >= 0.3 is 0 Å². The summed E-state index contributed by atoms with van der Waals surface area (Å²) < 4.78 is 26.0. The Hall–Kier alpha value is -2.82. The van der Waals surface area contributed by atoms with Crippen molar-refractivity contribution < 1.29 is 18.4 Å². The smallest absolute Gasteiger partial charge is 0.248 e. The maximum absolute atomic E-state index is 13.1. The molecule has 1 N–H and O–H groups in total. The van der Waals surface area contributed by atoms with Crippen molar-refractivity contribution in [3.8, 4) is 0 Å². The maximum Gasteiger partial charge on any atom is 0.248 e. The molecule has 0 aromatic heterocycles. The van der Waals surface area contributed by atoms with E-state index in [4.69, 9.17) is 0 Å². The molecule has 25 heavy (non-hydrogen) atoms. The Balaban J connectivity index is 2.00. The third kappa shape index (κ3) is 5.08. The highest BCUT2D eigenvalue weighted by atomic mass is 19.2. The highest BCUT2D eigenvalue weighted by molar-refractivity contribution is 6.09. The van der Waals surface area contributed by atoms with E-state index in [9.17, 15) is 18.4 Å². The van der Waals surface area contributed by atoms with Gasteiger partial charge in [0.15, 0.2) is 17.4 Å². The second-order valence-electron chi connectivity index (χ2n) is 6.64. The number of ketones is 1. The van der Waals surface area contributed by atoms with E-state index in [1.165, 1.54) is 0 Å². The van der Waals surface area contributed by atoms with Gasteiger partial charge in [0.1, 0.15) is 0 Å². The lowest BCUT2D eigenvalue weighted by Gasteiger charge is -2.19. The summed E-state index contributed by atoms with van der Waals surface area (Å²) in [4.78, 5) is 23.7. The third-order valence-corrected chi connectivity index (χ3v) is 3.61. The van der Waals surface area contributed by atoms with Crippen LogP contribution in [0, 0.1) is 11.6 Å². The van der Waals surface area contributed by atoms with E-state index < -0.39 is 23.3 Å². The molecule has 0 saturated carbocycles. The van der Waals surface area contributed by atoms with Crippen LogP contribution >= 0.6 is 0 Å². The standard InChI is InChI=1S/C20H19F2NO2/c1-20(2,3)14-5-7-15(8-6-14)23-19(25)11-10-18(24)13-4-9-16(21)17(22)12-13/h4-12H,1-3H3,(H,23,25)/b11-10+. The van der Waals surface area contributed by atoms with Gasteiger partial charge in [0.2, 0.25) is 5.91 Å². The van der Waals surface area contributed by atoms with Gasteiger partial charge < -0.3 is 5.32 Å². The van der Waals surface area contributed by atoms with Crippen molar-refractivity contribution in [2.24, 2.45) is 0 Å². The van der Waals surface area contributed by atoms with Crippen molar-refractivity contribution in [3.63, 3.8) is 0 Å².